The maximum atomic E-state index is 13.4. The first-order valence-corrected chi connectivity index (χ1v) is 13.4. The summed E-state index contributed by atoms with van der Waals surface area (Å²) in [6.45, 7) is 0.453. The Bertz CT molecular complexity index is 1470. The molecule has 1 heterocycles. The molecule has 0 saturated heterocycles. The van der Waals surface area contributed by atoms with Gasteiger partial charge >= 0.3 is 0 Å². The Labute approximate surface area is 208 Å². The lowest BCUT2D eigenvalue weighted by Crippen LogP contribution is -2.14. The van der Waals surface area contributed by atoms with E-state index >= 15 is 0 Å². The van der Waals surface area contributed by atoms with Gasteiger partial charge in [-0.05, 0) is 37.2 Å². The average Bonchev–Trinajstić information content (AvgIpc) is 3.30. The Morgan fingerprint density at radius 2 is 1.80 bits per heavy atom. The van der Waals surface area contributed by atoms with Crippen LogP contribution in [-0.4, -0.2) is 39.9 Å². The van der Waals surface area contributed by atoms with Gasteiger partial charge in [0.25, 0.3) is 10.0 Å². The van der Waals surface area contributed by atoms with Gasteiger partial charge < -0.3 is 16.0 Å². The number of nitrogens with zero attached hydrogens (tertiary/aromatic N) is 2. The van der Waals surface area contributed by atoms with E-state index in [1.165, 1.54) is 11.3 Å². The highest BCUT2D eigenvalue weighted by molar-refractivity contribution is 7.93. The van der Waals surface area contributed by atoms with E-state index in [0.29, 0.717) is 41.3 Å². The third-order valence-electron chi connectivity index (χ3n) is 5.40. The summed E-state index contributed by atoms with van der Waals surface area (Å²) >= 11 is 1.31. The van der Waals surface area contributed by atoms with Crippen LogP contribution in [0.3, 0.4) is 0 Å². The zero-order valence-electron chi connectivity index (χ0n) is 19.5. The molecule has 1 amide bonds. The molecule has 182 valence electrons. The molecule has 0 aliphatic heterocycles. The lowest BCUT2D eigenvalue weighted by atomic mass is 10.1. The normalized spacial score (nSPS) is 11.4. The van der Waals surface area contributed by atoms with Crippen molar-refractivity contribution in [2.24, 2.45) is 5.73 Å². The van der Waals surface area contributed by atoms with E-state index in [2.05, 4.69) is 15.0 Å². The fourth-order valence-corrected chi connectivity index (χ4v) is 5.76. The molecule has 0 fully saturated rings. The van der Waals surface area contributed by atoms with Crippen LogP contribution in [0.25, 0.3) is 22.0 Å². The zero-order chi connectivity index (χ0) is 25.0. The van der Waals surface area contributed by atoms with Crippen LogP contribution in [0.1, 0.15) is 12.8 Å². The van der Waals surface area contributed by atoms with E-state index in [-0.39, 0.29) is 10.8 Å². The van der Waals surface area contributed by atoms with Crippen molar-refractivity contribution in [2.75, 3.05) is 35.6 Å². The monoisotopic (exact) mass is 509 g/mol. The topological polar surface area (TPSA) is 117 Å². The molecule has 0 spiro atoms. The summed E-state index contributed by atoms with van der Waals surface area (Å²) in [6.07, 6.45) is 0.951. The van der Waals surface area contributed by atoms with Crippen molar-refractivity contribution in [2.45, 2.75) is 17.7 Å². The lowest BCUT2D eigenvalue weighted by Gasteiger charge is -2.17. The van der Waals surface area contributed by atoms with E-state index in [1.807, 2.05) is 54.7 Å². The number of amides is 1. The highest BCUT2D eigenvalue weighted by Crippen LogP contribution is 2.32. The van der Waals surface area contributed by atoms with Gasteiger partial charge in [0.05, 0.1) is 10.6 Å². The number of nitrogens with one attached hydrogen (secondary N) is 2. The Hall–Kier alpha value is -3.47. The molecule has 10 heteroatoms. The third kappa shape index (κ3) is 5.61. The largest absolute Gasteiger partial charge is 0.377 e. The van der Waals surface area contributed by atoms with Crippen molar-refractivity contribution >= 4 is 54.5 Å². The van der Waals surface area contributed by atoms with Gasteiger partial charge in [0, 0.05) is 53.6 Å². The molecule has 3 aromatic carbocycles. The Kier molecular flexibility index (Phi) is 7.34. The van der Waals surface area contributed by atoms with E-state index < -0.39 is 10.0 Å². The second kappa shape index (κ2) is 10.4. The van der Waals surface area contributed by atoms with E-state index in [0.717, 1.165) is 16.6 Å². The molecular weight excluding hydrogens is 482 g/mol. The first-order chi connectivity index (χ1) is 16.8. The van der Waals surface area contributed by atoms with Crippen molar-refractivity contribution in [3.05, 3.63) is 66.0 Å². The SMILES string of the molecule is CN(C)c1cccc2c(S(=O)(=O)Nc3cccc(-c4csc(NC(=O)CCCN)n4)c3)cccc12. The highest BCUT2D eigenvalue weighted by atomic mass is 32.2. The first-order valence-electron chi connectivity index (χ1n) is 11.1. The van der Waals surface area contributed by atoms with E-state index in [9.17, 15) is 13.2 Å². The fourth-order valence-electron chi connectivity index (χ4n) is 3.75. The molecule has 0 bridgehead atoms. The quantitative estimate of drug-likeness (QED) is 0.306. The minimum absolute atomic E-state index is 0.134. The number of sulfonamides is 1. The summed E-state index contributed by atoms with van der Waals surface area (Å²) in [5.74, 6) is -0.134. The third-order valence-corrected chi connectivity index (χ3v) is 7.60. The van der Waals surface area contributed by atoms with Gasteiger partial charge in [-0.15, -0.1) is 11.3 Å². The zero-order valence-corrected chi connectivity index (χ0v) is 21.1. The minimum Gasteiger partial charge on any atom is -0.377 e. The average molecular weight is 510 g/mol. The molecule has 1 aromatic heterocycles. The van der Waals surface area contributed by atoms with Crippen molar-refractivity contribution < 1.29 is 13.2 Å². The Balaban J connectivity index is 1.59. The second-order valence-corrected chi connectivity index (χ2v) is 10.7. The Morgan fingerprint density at radius 3 is 2.57 bits per heavy atom. The van der Waals surface area contributed by atoms with Crippen molar-refractivity contribution in [3.8, 4) is 11.3 Å². The van der Waals surface area contributed by atoms with Crippen LogP contribution in [0.5, 0.6) is 0 Å². The number of hydrogen-bond acceptors (Lipinski definition) is 7. The highest BCUT2D eigenvalue weighted by Gasteiger charge is 2.19. The molecule has 35 heavy (non-hydrogen) atoms. The van der Waals surface area contributed by atoms with Crippen LogP contribution in [0.4, 0.5) is 16.5 Å². The summed E-state index contributed by atoms with van der Waals surface area (Å²) < 4.78 is 29.4. The van der Waals surface area contributed by atoms with Crippen LogP contribution < -0.4 is 20.7 Å². The second-order valence-electron chi connectivity index (χ2n) is 8.19. The van der Waals surface area contributed by atoms with Crippen LogP contribution in [0.15, 0.2) is 70.9 Å². The fraction of sp³-hybridized carbons (Fsp3) is 0.200. The number of hydrogen-bond donors (Lipinski definition) is 3. The molecule has 0 aliphatic rings. The molecule has 4 rings (SSSR count). The predicted octanol–water partition coefficient (Wildman–Crippen LogP) is 4.51. The number of anilines is 3. The molecular formula is C25H27N5O3S2. The standard InChI is InChI=1S/C25H27N5O3S2/c1-30(2)22-11-4-10-20-19(22)9-5-12-23(20)35(32,33)29-18-8-3-7-17(15-18)21-16-34-25(27-21)28-24(31)13-6-14-26/h3-5,7-12,15-16,29H,6,13-14,26H2,1-2H3,(H,27,28,31). The summed E-state index contributed by atoms with van der Waals surface area (Å²) in [5, 5.41) is 6.58. The number of thiazole rings is 1. The maximum absolute atomic E-state index is 13.4. The molecule has 4 N–H and O–H groups in total. The van der Waals surface area contributed by atoms with Crippen LogP contribution >= 0.6 is 11.3 Å². The number of carbonyl (C=O) groups excluding carboxylic acids is 1. The van der Waals surface area contributed by atoms with Gasteiger partial charge in [-0.25, -0.2) is 13.4 Å². The Morgan fingerprint density at radius 1 is 1.06 bits per heavy atom. The summed E-state index contributed by atoms with van der Waals surface area (Å²) in [7, 11) is -0.00292. The number of nitrogens with two attached hydrogens (primary N) is 1. The number of aromatic nitrogens is 1. The van der Waals surface area contributed by atoms with Crippen LogP contribution in [0.2, 0.25) is 0 Å². The number of carbonyl (C=O) groups is 1. The van der Waals surface area contributed by atoms with Gasteiger partial charge in [0.15, 0.2) is 5.13 Å². The van der Waals surface area contributed by atoms with Crippen LogP contribution in [-0.2, 0) is 14.8 Å². The molecule has 0 radical (unpaired) electrons. The van der Waals surface area contributed by atoms with Gasteiger partial charge in [0.1, 0.15) is 0 Å². The van der Waals surface area contributed by atoms with E-state index in [1.54, 1.807) is 30.3 Å². The van der Waals surface area contributed by atoms with Gasteiger partial charge in [-0.1, -0.05) is 36.4 Å². The predicted molar refractivity (Wildman–Crippen MR) is 144 cm³/mol. The summed E-state index contributed by atoms with van der Waals surface area (Å²) in [4.78, 5) is 18.6. The minimum atomic E-state index is -3.85. The maximum Gasteiger partial charge on any atom is 0.262 e. The smallest absolute Gasteiger partial charge is 0.262 e. The van der Waals surface area contributed by atoms with Crippen LogP contribution in [0, 0.1) is 0 Å². The number of rotatable bonds is 9. The first kappa shape index (κ1) is 24.6. The van der Waals surface area contributed by atoms with E-state index in [4.69, 9.17) is 5.73 Å². The molecule has 8 nitrogen and oxygen atoms in total. The molecule has 0 saturated carbocycles. The van der Waals surface area contributed by atoms with Crippen molar-refractivity contribution in [1.82, 2.24) is 4.98 Å². The molecule has 0 atom stereocenters. The number of benzene rings is 3. The molecule has 4 aromatic rings. The van der Waals surface area contributed by atoms with Crippen molar-refractivity contribution in [1.29, 1.82) is 0 Å². The summed E-state index contributed by atoms with van der Waals surface area (Å²) in [5.41, 5.74) is 8.19. The van der Waals surface area contributed by atoms with Crippen molar-refractivity contribution in [3.63, 3.8) is 0 Å². The van der Waals surface area contributed by atoms with Gasteiger partial charge in [-0.2, -0.15) is 0 Å². The molecule has 0 aliphatic carbocycles. The number of fused-ring (bicyclic) bond motifs is 1. The summed E-state index contributed by atoms with van der Waals surface area (Å²) in [6, 6.07) is 17.9. The lowest BCUT2D eigenvalue weighted by molar-refractivity contribution is -0.116. The van der Waals surface area contributed by atoms with Gasteiger partial charge in [0.2, 0.25) is 5.91 Å². The molecule has 0 unspecified atom stereocenters. The van der Waals surface area contributed by atoms with Gasteiger partial charge in [-0.3, -0.25) is 9.52 Å².